The van der Waals surface area contributed by atoms with Gasteiger partial charge < -0.3 is 16.0 Å². The lowest BCUT2D eigenvalue weighted by Gasteiger charge is -2.39. The van der Waals surface area contributed by atoms with Crippen LogP contribution in [0.4, 0.5) is 17.6 Å². The van der Waals surface area contributed by atoms with E-state index in [4.69, 9.17) is 10.7 Å². The molecule has 2 aromatic rings. The van der Waals surface area contributed by atoms with Crippen LogP contribution in [0.1, 0.15) is 44.2 Å². The molecule has 0 aromatic carbocycles. The van der Waals surface area contributed by atoms with Crippen LogP contribution in [0.5, 0.6) is 0 Å². The van der Waals surface area contributed by atoms with Gasteiger partial charge in [0.15, 0.2) is 5.82 Å². The first-order valence-electron chi connectivity index (χ1n) is 8.81. The summed E-state index contributed by atoms with van der Waals surface area (Å²) in [6, 6.07) is 4.73. The van der Waals surface area contributed by atoms with Crippen molar-refractivity contribution in [2.75, 3.05) is 16.8 Å². The molecule has 126 valence electrons. The van der Waals surface area contributed by atoms with Gasteiger partial charge in [0, 0.05) is 47.9 Å². The molecule has 2 aliphatic carbocycles. The Kier molecular flexibility index (Phi) is 2.92. The van der Waals surface area contributed by atoms with Gasteiger partial charge in [0.1, 0.15) is 5.82 Å². The zero-order valence-electron chi connectivity index (χ0n) is 13.9. The molecule has 2 aliphatic heterocycles. The van der Waals surface area contributed by atoms with Crippen LogP contribution in [-0.4, -0.2) is 38.8 Å². The average Bonchev–Trinajstić information content (AvgIpc) is 3.01. The van der Waals surface area contributed by atoms with Gasteiger partial charge in [0.25, 0.3) is 0 Å². The van der Waals surface area contributed by atoms with Crippen LogP contribution in [0, 0.1) is 5.41 Å². The van der Waals surface area contributed by atoms with Gasteiger partial charge in [-0.2, -0.15) is 10.1 Å². The first kappa shape index (κ1) is 14.2. The molecule has 2 bridgehead atoms. The van der Waals surface area contributed by atoms with Gasteiger partial charge >= 0.3 is 0 Å². The number of nitrogens with one attached hydrogen (secondary N) is 2. The Bertz CT molecular complexity index is 758. The second-order valence-corrected chi connectivity index (χ2v) is 7.69. The van der Waals surface area contributed by atoms with Crippen LogP contribution in [0.15, 0.2) is 18.3 Å². The minimum atomic E-state index is 0.227. The first-order valence-corrected chi connectivity index (χ1v) is 8.81. The fourth-order valence-electron chi connectivity index (χ4n) is 4.14. The third-order valence-corrected chi connectivity index (χ3v) is 5.95. The number of nitrogens with zero attached hydrogens (tertiary/aromatic N) is 4. The summed E-state index contributed by atoms with van der Waals surface area (Å²) in [6.07, 6.45) is 6.66. The zero-order chi connectivity index (χ0) is 16.3. The van der Waals surface area contributed by atoms with Crippen LogP contribution < -0.4 is 16.0 Å². The van der Waals surface area contributed by atoms with Crippen molar-refractivity contribution < 1.29 is 0 Å². The van der Waals surface area contributed by atoms with Crippen molar-refractivity contribution in [2.45, 2.75) is 50.6 Å². The van der Waals surface area contributed by atoms with E-state index in [1.54, 1.807) is 0 Å². The summed E-state index contributed by atoms with van der Waals surface area (Å²) in [5.74, 6) is 3.06. The number of aromatic nitrogens is 4. The van der Waals surface area contributed by atoms with Gasteiger partial charge in [0.05, 0.1) is 0 Å². The van der Waals surface area contributed by atoms with E-state index in [2.05, 4.69) is 38.4 Å². The molecule has 4 fully saturated rings. The summed E-state index contributed by atoms with van der Waals surface area (Å²) >= 11 is 0. The topological polar surface area (TPSA) is 95.8 Å². The van der Waals surface area contributed by atoms with Crippen LogP contribution in [0.25, 0.3) is 0 Å². The Morgan fingerprint density at radius 2 is 2.21 bits per heavy atom. The van der Waals surface area contributed by atoms with E-state index in [9.17, 15) is 0 Å². The van der Waals surface area contributed by atoms with Crippen molar-refractivity contribution in [3.05, 3.63) is 24.0 Å². The van der Waals surface area contributed by atoms with E-state index >= 15 is 0 Å². The van der Waals surface area contributed by atoms with Crippen molar-refractivity contribution in [1.82, 2.24) is 20.2 Å². The maximum atomic E-state index is 6.18. The molecule has 24 heavy (non-hydrogen) atoms. The van der Waals surface area contributed by atoms with Gasteiger partial charge in [-0.1, -0.05) is 0 Å². The molecule has 2 saturated carbocycles. The van der Waals surface area contributed by atoms with Gasteiger partial charge in [-0.05, 0) is 38.7 Å². The van der Waals surface area contributed by atoms with Crippen LogP contribution in [0.3, 0.4) is 0 Å². The molecule has 0 spiro atoms. The average molecular weight is 325 g/mol. The molecule has 6 rings (SSSR count). The Morgan fingerprint density at radius 3 is 2.92 bits per heavy atom. The number of aromatic amines is 1. The predicted molar refractivity (Wildman–Crippen MR) is 92.3 cm³/mol. The highest BCUT2D eigenvalue weighted by molar-refractivity contribution is 5.54. The third kappa shape index (κ3) is 2.18. The number of fused-ring (bicyclic) bond motifs is 1. The summed E-state index contributed by atoms with van der Waals surface area (Å²) in [5, 5.41) is 10.7. The summed E-state index contributed by atoms with van der Waals surface area (Å²) in [4.78, 5) is 11.5. The van der Waals surface area contributed by atoms with E-state index in [0.29, 0.717) is 12.0 Å². The molecule has 0 radical (unpaired) electrons. The molecule has 4 aliphatic rings. The Morgan fingerprint density at radius 1 is 1.38 bits per heavy atom. The predicted octanol–water partition coefficient (Wildman–Crippen LogP) is 2.14. The molecule has 2 saturated heterocycles. The highest BCUT2D eigenvalue weighted by atomic mass is 15.3. The lowest BCUT2D eigenvalue weighted by molar-refractivity contribution is 0.162. The SMILES string of the molecule is CC(N)C12CC(C1)N(c1nccc(Nc3cc(C4CC4)[nH]n3)n1)C2. The second kappa shape index (κ2) is 4.92. The van der Waals surface area contributed by atoms with Gasteiger partial charge in [0.2, 0.25) is 5.95 Å². The molecular formula is C17H23N7. The molecule has 1 atom stereocenters. The summed E-state index contributed by atoms with van der Waals surface area (Å²) < 4.78 is 0. The highest BCUT2D eigenvalue weighted by Crippen LogP contribution is 2.54. The molecule has 4 heterocycles. The normalized spacial score (nSPS) is 29.4. The largest absolute Gasteiger partial charge is 0.337 e. The zero-order valence-corrected chi connectivity index (χ0v) is 13.9. The molecule has 0 amide bonds. The quantitative estimate of drug-likeness (QED) is 0.779. The fraction of sp³-hybridized carbons (Fsp3) is 0.588. The summed E-state index contributed by atoms with van der Waals surface area (Å²) in [6.45, 7) is 3.08. The third-order valence-electron chi connectivity index (χ3n) is 5.95. The van der Waals surface area contributed by atoms with Crippen molar-refractivity contribution in [3.63, 3.8) is 0 Å². The van der Waals surface area contributed by atoms with Gasteiger partial charge in [-0.25, -0.2) is 4.98 Å². The lowest BCUT2D eigenvalue weighted by atomic mass is 9.66. The Hall–Kier alpha value is -2.15. The van der Waals surface area contributed by atoms with Gasteiger partial charge in [-0.3, -0.25) is 5.10 Å². The lowest BCUT2D eigenvalue weighted by Crippen LogP contribution is -2.46. The van der Waals surface area contributed by atoms with Crippen LogP contribution >= 0.6 is 0 Å². The van der Waals surface area contributed by atoms with E-state index in [1.807, 2.05) is 12.3 Å². The molecule has 2 aromatic heterocycles. The molecule has 4 N–H and O–H groups in total. The number of H-pyrrole nitrogens is 1. The van der Waals surface area contributed by atoms with Gasteiger partial charge in [-0.15, -0.1) is 0 Å². The summed E-state index contributed by atoms with van der Waals surface area (Å²) in [7, 11) is 0. The standard InChI is InChI=1S/C17H23N7/c1-10(18)17-7-12(8-17)24(9-17)16-19-5-4-14(21-16)20-15-6-13(22-23-15)11-2-3-11/h4-6,10-12H,2-3,7-9,18H2,1H3,(H2,19,20,21,22,23). The smallest absolute Gasteiger partial charge is 0.227 e. The van der Waals surface area contributed by atoms with E-state index in [1.165, 1.54) is 18.5 Å². The minimum absolute atomic E-state index is 0.227. The van der Waals surface area contributed by atoms with Crippen LogP contribution in [-0.2, 0) is 0 Å². The monoisotopic (exact) mass is 325 g/mol. The minimum Gasteiger partial charge on any atom is -0.337 e. The van der Waals surface area contributed by atoms with Crippen LogP contribution in [0.2, 0.25) is 0 Å². The highest BCUT2D eigenvalue weighted by Gasteiger charge is 2.57. The Labute approximate surface area is 141 Å². The van der Waals surface area contributed by atoms with E-state index in [0.717, 1.165) is 37.0 Å². The first-order chi connectivity index (χ1) is 11.6. The van der Waals surface area contributed by atoms with Crippen molar-refractivity contribution in [3.8, 4) is 0 Å². The number of hydrogen-bond donors (Lipinski definition) is 3. The number of hydrogen-bond acceptors (Lipinski definition) is 6. The molecule has 7 heteroatoms. The maximum absolute atomic E-state index is 6.18. The maximum Gasteiger partial charge on any atom is 0.227 e. The molecule has 7 nitrogen and oxygen atoms in total. The van der Waals surface area contributed by atoms with Crippen molar-refractivity contribution >= 4 is 17.6 Å². The Balaban J connectivity index is 1.33. The molecule has 1 unspecified atom stereocenters. The fourth-order valence-corrected chi connectivity index (χ4v) is 4.14. The number of nitrogens with two attached hydrogens (primary N) is 1. The number of rotatable bonds is 5. The van der Waals surface area contributed by atoms with E-state index in [-0.39, 0.29) is 11.5 Å². The van der Waals surface area contributed by atoms with Crippen molar-refractivity contribution in [2.24, 2.45) is 11.1 Å². The van der Waals surface area contributed by atoms with Crippen molar-refractivity contribution in [1.29, 1.82) is 0 Å². The second-order valence-electron chi connectivity index (χ2n) is 7.69. The molecular weight excluding hydrogens is 302 g/mol. The van der Waals surface area contributed by atoms with E-state index < -0.39 is 0 Å². The summed E-state index contributed by atoms with van der Waals surface area (Å²) in [5.41, 5.74) is 7.66. The number of anilines is 3.